The molecule has 2 fully saturated rings. The highest BCUT2D eigenvalue weighted by Crippen LogP contribution is 2.36. The van der Waals surface area contributed by atoms with Gasteiger partial charge < -0.3 is 10.6 Å². The molecule has 9 heteroatoms. The summed E-state index contributed by atoms with van der Waals surface area (Å²) in [7, 11) is 1.77. The van der Waals surface area contributed by atoms with Crippen molar-refractivity contribution >= 4 is 41.7 Å². The molecule has 26 heavy (non-hydrogen) atoms. The number of guanidine groups is 1. The molecule has 2 aliphatic heterocycles. The normalized spacial score (nSPS) is 25.8. The molecule has 1 unspecified atom stereocenters. The minimum atomic E-state index is -4.08. The average Bonchev–Trinajstić information content (AvgIpc) is 2.98. The van der Waals surface area contributed by atoms with Crippen LogP contribution in [0.4, 0.5) is 13.2 Å². The number of hydrogen-bond donors (Lipinski definition) is 2. The highest BCUT2D eigenvalue weighted by atomic mass is 127. The van der Waals surface area contributed by atoms with E-state index in [2.05, 4.69) is 22.5 Å². The van der Waals surface area contributed by atoms with Gasteiger partial charge in [-0.2, -0.15) is 24.9 Å². The minimum absolute atomic E-state index is 0. The zero-order valence-electron chi connectivity index (χ0n) is 15.7. The molecule has 0 radical (unpaired) electrons. The van der Waals surface area contributed by atoms with E-state index in [1.54, 1.807) is 7.05 Å². The van der Waals surface area contributed by atoms with Gasteiger partial charge in [0.1, 0.15) is 0 Å². The molecule has 0 aromatic rings. The summed E-state index contributed by atoms with van der Waals surface area (Å²) in [6.45, 7) is 4.34. The first-order valence-corrected chi connectivity index (χ1v) is 10.2. The number of nitrogens with zero attached hydrogens (tertiary/aromatic N) is 2. The highest BCUT2D eigenvalue weighted by molar-refractivity contribution is 14.0. The molecule has 0 bridgehead atoms. The van der Waals surface area contributed by atoms with Crippen molar-refractivity contribution in [2.45, 2.75) is 50.0 Å². The van der Waals surface area contributed by atoms with Crippen LogP contribution in [-0.2, 0) is 0 Å². The monoisotopic (exact) mass is 508 g/mol. The molecule has 2 aliphatic rings. The van der Waals surface area contributed by atoms with Crippen LogP contribution in [0.15, 0.2) is 4.99 Å². The second-order valence-corrected chi connectivity index (χ2v) is 9.06. The smallest absolute Gasteiger partial charge is 0.356 e. The molecule has 2 rings (SSSR count). The molecule has 4 nitrogen and oxygen atoms in total. The van der Waals surface area contributed by atoms with E-state index in [9.17, 15) is 13.2 Å². The standard InChI is InChI=1S/C17H31F3N4S.HI/c1-16(7-3-11-25-16)12-23-15(21-2)22-8-4-14-5-9-24(10-6-14)13-17(18,19)20;/h14H,3-13H2,1-2H3,(H2,21,22,23);1H. The van der Waals surface area contributed by atoms with Crippen molar-refractivity contribution in [2.24, 2.45) is 10.9 Å². The molecular formula is C17H32F3IN4S. The number of piperidine rings is 1. The van der Waals surface area contributed by atoms with E-state index < -0.39 is 12.7 Å². The van der Waals surface area contributed by atoms with E-state index in [4.69, 9.17) is 0 Å². The second-order valence-electron chi connectivity index (χ2n) is 7.38. The van der Waals surface area contributed by atoms with Gasteiger partial charge in [-0.1, -0.05) is 0 Å². The Kier molecular flexibility index (Phi) is 10.4. The SMILES string of the molecule is CN=C(NCCC1CCN(CC(F)(F)F)CC1)NCC1(C)CCCS1.I. The molecule has 1 atom stereocenters. The molecule has 0 spiro atoms. The number of nitrogens with one attached hydrogen (secondary N) is 2. The van der Waals surface area contributed by atoms with Crippen molar-refractivity contribution in [1.82, 2.24) is 15.5 Å². The van der Waals surface area contributed by atoms with Crippen LogP contribution in [-0.4, -0.2) is 67.3 Å². The fourth-order valence-electron chi connectivity index (χ4n) is 3.55. The van der Waals surface area contributed by atoms with Crippen LogP contribution in [0, 0.1) is 5.92 Å². The summed E-state index contributed by atoms with van der Waals surface area (Å²) in [4.78, 5) is 5.79. The third kappa shape index (κ3) is 8.86. The van der Waals surface area contributed by atoms with Crippen molar-refractivity contribution in [1.29, 1.82) is 0 Å². The Hall–Kier alpha value is 0.1000. The number of rotatable bonds is 6. The Bertz CT molecular complexity index is 434. The lowest BCUT2D eigenvalue weighted by atomic mass is 9.93. The van der Waals surface area contributed by atoms with Gasteiger partial charge in [-0.25, -0.2) is 0 Å². The molecule has 0 amide bonds. The summed E-state index contributed by atoms with van der Waals surface area (Å²) in [5.41, 5.74) is 0. The lowest BCUT2D eigenvalue weighted by Gasteiger charge is -2.32. The Morgan fingerprint density at radius 1 is 1.27 bits per heavy atom. The molecular weight excluding hydrogens is 476 g/mol. The van der Waals surface area contributed by atoms with Crippen LogP contribution in [0.1, 0.15) is 39.0 Å². The number of alkyl halides is 3. The summed E-state index contributed by atoms with van der Waals surface area (Å²) >= 11 is 2.02. The number of halogens is 4. The zero-order chi connectivity index (χ0) is 18.3. The van der Waals surface area contributed by atoms with E-state index in [-0.39, 0.29) is 24.0 Å². The van der Waals surface area contributed by atoms with E-state index in [0.29, 0.717) is 23.8 Å². The third-order valence-corrected chi connectivity index (χ3v) is 6.65. The second kappa shape index (κ2) is 11.2. The number of hydrogen-bond acceptors (Lipinski definition) is 3. The van der Waals surface area contributed by atoms with Crippen LogP contribution >= 0.6 is 35.7 Å². The fourth-order valence-corrected chi connectivity index (χ4v) is 4.79. The van der Waals surface area contributed by atoms with Gasteiger partial charge >= 0.3 is 6.18 Å². The molecule has 0 saturated carbocycles. The number of aliphatic imine (C=N–C) groups is 1. The fraction of sp³-hybridized carbons (Fsp3) is 0.941. The van der Waals surface area contributed by atoms with E-state index in [1.165, 1.54) is 23.5 Å². The van der Waals surface area contributed by atoms with Gasteiger partial charge in [0.05, 0.1) is 6.54 Å². The predicted octanol–water partition coefficient (Wildman–Crippen LogP) is 3.72. The maximum atomic E-state index is 12.4. The van der Waals surface area contributed by atoms with Crippen LogP contribution in [0.2, 0.25) is 0 Å². The number of likely N-dealkylation sites (tertiary alicyclic amines) is 1. The van der Waals surface area contributed by atoms with Crippen molar-refractivity contribution < 1.29 is 13.2 Å². The van der Waals surface area contributed by atoms with Gasteiger partial charge in [0.2, 0.25) is 0 Å². The van der Waals surface area contributed by atoms with Crippen LogP contribution < -0.4 is 10.6 Å². The van der Waals surface area contributed by atoms with Gasteiger partial charge in [-0.3, -0.25) is 9.89 Å². The zero-order valence-corrected chi connectivity index (χ0v) is 18.8. The maximum absolute atomic E-state index is 12.4. The molecule has 2 heterocycles. The predicted molar refractivity (Wildman–Crippen MR) is 115 cm³/mol. The molecule has 2 N–H and O–H groups in total. The summed E-state index contributed by atoms with van der Waals surface area (Å²) in [6.07, 6.45) is 1.10. The van der Waals surface area contributed by atoms with Gasteiger partial charge in [-0.05, 0) is 63.8 Å². The van der Waals surface area contributed by atoms with Crippen molar-refractivity contribution in [3.05, 3.63) is 0 Å². The Labute approximate surface area is 176 Å². The first-order chi connectivity index (χ1) is 11.8. The van der Waals surface area contributed by atoms with Crippen LogP contribution in [0.5, 0.6) is 0 Å². The summed E-state index contributed by atoms with van der Waals surface area (Å²) < 4.78 is 37.5. The van der Waals surface area contributed by atoms with E-state index >= 15 is 0 Å². The summed E-state index contributed by atoms with van der Waals surface area (Å²) in [5.74, 6) is 2.55. The van der Waals surface area contributed by atoms with Gasteiger partial charge in [0.25, 0.3) is 0 Å². The minimum Gasteiger partial charge on any atom is -0.356 e. The van der Waals surface area contributed by atoms with Crippen molar-refractivity contribution in [3.63, 3.8) is 0 Å². The molecule has 2 saturated heterocycles. The maximum Gasteiger partial charge on any atom is 0.401 e. The summed E-state index contributed by atoms with van der Waals surface area (Å²) in [5, 5.41) is 6.75. The molecule has 0 aromatic carbocycles. The third-order valence-electron chi connectivity index (χ3n) is 5.11. The van der Waals surface area contributed by atoms with Crippen LogP contribution in [0.25, 0.3) is 0 Å². The van der Waals surface area contributed by atoms with Crippen molar-refractivity contribution in [2.75, 3.05) is 45.5 Å². The van der Waals surface area contributed by atoms with E-state index in [0.717, 1.165) is 38.3 Å². The highest BCUT2D eigenvalue weighted by Gasteiger charge is 2.32. The van der Waals surface area contributed by atoms with Crippen LogP contribution in [0.3, 0.4) is 0 Å². The topological polar surface area (TPSA) is 39.7 Å². The van der Waals surface area contributed by atoms with Gasteiger partial charge in [0.15, 0.2) is 5.96 Å². The Morgan fingerprint density at radius 2 is 1.96 bits per heavy atom. The quantitative estimate of drug-likeness (QED) is 0.326. The molecule has 0 aromatic heterocycles. The Balaban J connectivity index is 0.00000338. The Morgan fingerprint density at radius 3 is 2.50 bits per heavy atom. The van der Waals surface area contributed by atoms with Crippen molar-refractivity contribution in [3.8, 4) is 0 Å². The average molecular weight is 508 g/mol. The summed E-state index contributed by atoms with van der Waals surface area (Å²) in [6, 6.07) is 0. The first kappa shape index (κ1) is 24.1. The lowest BCUT2D eigenvalue weighted by Crippen LogP contribution is -2.44. The largest absolute Gasteiger partial charge is 0.401 e. The van der Waals surface area contributed by atoms with Gasteiger partial charge in [-0.15, -0.1) is 24.0 Å². The van der Waals surface area contributed by atoms with E-state index in [1.807, 2.05) is 11.8 Å². The first-order valence-electron chi connectivity index (χ1n) is 9.17. The van der Waals surface area contributed by atoms with Gasteiger partial charge in [0, 0.05) is 24.9 Å². The number of thioether (sulfide) groups is 1. The molecule has 154 valence electrons. The molecule has 0 aliphatic carbocycles. The lowest BCUT2D eigenvalue weighted by molar-refractivity contribution is -0.148.